The first kappa shape index (κ1) is 14.1. The SMILES string of the molecule is CCCC1CCC(c2noc(Cn3cc(N)cn3)n2)CC1. The second-order valence-electron chi connectivity index (χ2n) is 6.02. The fourth-order valence-corrected chi connectivity index (χ4v) is 3.22. The van der Waals surface area contributed by atoms with Crippen molar-refractivity contribution in [1.82, 2.24) is 19.9 Å². The van der Waals surface area contributed by atoms with Gasteiger partial charge in [-0.3, -0.25) is 4.68 Å². The van der Waals surface area contributed by atoms with Crippen molar-refractivity contribution in [1.29, 1.82) is 0 Å². The van der Waals surface area contributed by atoms with Crippen LogP contribution in [0.2, 0.25) is 0 Å². The van der Waals surface area contributed by atoms with Gasteiger partial charge in [0, 0.05) is 12.1 Å². The van der Waals surface area contributed by atoms with Crippen molar-refractivity contribution < 1.29 is 4.52 Å². The van der Waals surface area contributed by atoms with E-state index in [0.29, 0.717) is 24.0 Å². The van der Waals surface area contributed by atoms with E-state index in [4.69, 9.17) is 10.3 Å². The minimum absolute atomic E-state index is 0.457. The average Bonchev–Trinajstić information content (AvgIpc) is 3.10. The molecule has 0 aliphatic heterocycles. The monoisotopic (exact) mass is 289 g/mol. The number of nitrogen functional groups attached to an aromatic ring is 1. The first-order valence-electron chi connectivity index (χ1n) is 7.85. The van der Waals surface area contributed by atoms with Crippen LogP contribution in [0, 0.1) is 5.92 Å². The van der Waals surface area contributed by atoms with Gasteiger partial charge in [0.1, 0.15) is 6.54 Å². The minimum Gasteiger partial charge on any atom is -0.396 e. The molecule has 2 heterocycles. The lowest BCUT2D eigenvalue weighted by Crippen LogP contribution is -2.14. The smallest absolute Gasteiger partial charge is 0.248 e. The molecule has 6 nitrogen and oxygen atoms in total. The third-order valence-corrected chi connectivity index (χ3v) is 4.34. The molecule has 3 rings (SSSR count). The first-order chi connectivity index (χ1) is 10.2. The molecular formula is C15H23N5O. The van der Waals surface area contributed by atoms with Crippen LogP contribution < -0.4 is 5.73 Å². The third-order valence-electron chi connectivity index (χ3n) is 4.34. The summed E-state index contributed by atoms with van der Waals surface area (Å²) in [5, 5.41) is 8.28. The fourth-order valence-electron chi connectivity index (χ4n) is 3.22. The lowest BCUT2D eigenvalue weighted by molar-refractivity contribution is 0.294. The highest BCUT2D eigenvalue weighted by Gasteiger charge is 2.25. The molecule has 2 aromatic heterocycles. The van der Waals surface area contributed by atoms with E-state index in [2.05, 4.69) is 22.2 Å². The van der Waals surface area contributed by atoms with E-state index in [1.165, 1.54) is 38.5 Å². The predicted octanol–water partition coefficient (Wildman–Crippen LogP) is 2.97. The van der Waals surface area contributed by atoms with Crippen molar-refractivity contribution in [2.75, 3.05) is 5.73 Å². The summed E-state index contributed by atoms with van der Waals surface area (Å²) in [5.41, 5.74) is 6.28. The van der Waals surface area contributed by atoms with E-state index in [-0.39, 0.29) is 0 Å². The highest BCUT2D eigenvalue weighted by atomic mass is 16.5. The van der Waals surface area contributed by atoms with Crippen LogP contribution in [0.15, 0.2) is 16.9 Å². The van der Waals surface area contributed by atoms with Crippen molar-refractivity contribution in [2.45, 2.75) is 57.9 Å². The summed E-state index contributed by atoms with van der Waals surface area (Å²) in [5.74, 6) is 2.81. The van der Waals surface area contributed by atoms with E-state index in [9.17, 15) is 0 Å². The largest absolute Gasteiger partial charge is 0.396 e. The average molecular weight is 289 g/mol. The van der Waals surface area contributed by atoms with Crippen LogP contribution in [0.25, 0.3) is 0 Å². The Morgan fingerprint density at radius 3 is 2.81 bits per heavy atom. The molecule has 0 radical (unpaired) electrons. The molecule has 1 saturated carbocycles. The van der Waals surface area contributed by atoms with Gasteiger partial charge < -0.3 is 10.3 Å². The molecule has 0 aromatic carbocycles. The lowest BCUT2D eigenvalue weighted by Gasteiger charge is -2.26. The molecule has 0 bridgehead atoms. The van der Waals surface area contributed by atoms with Gasteiger partial charge in [-0.25, -0.2) is 0 Å². The molecular weight excluding hydrogens is 266 g/mol. The lowest BCUT2D eigenvalue weighted by atomic mass is 9.80. The number of aromatic nitrogens is 4. The number of anilines is 1. The molecule has 114 valence electrons. The van der Waals surface area contributed by atoms with Crippen molar-refractivity contribution in [2.24, 2.45) is 5.92 Å². The Balaban J connectivity index is 1.58. The van der Waals surface area contributed by atoms with Crippen LogP contribution in [0.1, 0.15) is 63.1 Å². The van der Waals surface area contributed by atoms with Gasteiger partial charge in [-0.15, -0.1) is 0 Å². The maximum absolute atomic E-state index is 5.64. The Morgan fingerprint density at radius 1 is 1.33 bits per heavy atom. The van der Waals surface area contributed by atoms with Crippen LogP contribution in [0.4, 0.5) is 5.69 Å². The van der Waals surface area contributed by atoms with E-state index in [1.54, 1.807) is 17.1 Å². The molecule has 2 N–H and O–H groups in total. The molecule has 0 saturated heterocycles. The first-order valence-corrected chi connectivity index (χ1v) is 7.85. The van der Waals surface area contributed by atoms with E-state index in [1.807, 2.05) is 0 Å². The fraction of sp³-hybridized carbons (Fsp3) is 0.667. The topological polar surface area (TPSA) is 82.8 Å². The van der Waals surface area contributed by atoms with Crippen LogP contribution in [-0.4, -0.2) is 19.9 Å². The second kappa shape index (κ2) is 6.28. The van der Waals surface area contributed by atoms with Gasteiger partial charge in [-0.05, 0) is 31.6 Å². The zero-order chi connectivity index (χ0) is 14.7. The minimum atomic E-state index is 0.457. The van der Waals surface area contributed by atoms with Crippen LogP contribution in [0.3, 0.4) is 0 Å². The predicted molar refractivity (Wildman–Crippen MR) is 79.6 cm³/mol. The summed E-state index contributed by atoms with van der Waals surface area (Å²) in [6.07, 6.45) is 11.0. The molecule has 1 aliphatic carbocycles. The number of hydrogen-bond donors (Lipinski definition) is 1. The maximum atomic E-state index is 5.64. The summed E-state index contributed by atoms with van der Waals surface area (Å²) in [4.78, 5) is 4.53. The molecule has 6 heteroatoms. The van der Waals surface area contributed by atoms with Crippen LogP contribution in [-0.2, 0) is 6.54 Å². The third kappa shape index (κ3) is 3.43. The summed E-state index contributed by atoms with van der Waals surface area (Å²) in [7, 11) is 0. The van der Waals surface area contributed by atoms with Crippen molar-refractivity contribution in [3.05, 3.63) is 24.1 Å². The van der Waals surface area contributed by atoms with Gasteiger partial charge in [0.25, 0.3) is 0 Å². The quantitative estimate of drug-likeness (QED) is 0.915. The van der Waals surface area contributed by atoms with E-state index >= 15 is 0 Å². The maximum Gasteiger partial charge on any atom is 0.248 e. The molecule has 0 atom stereocenters. The molecule has 1 aliphatic rings. The Labute approximate surface area is 124 Å². The summed E-state index contributed by atoms with van der Waals surface area (Å²) >= 11 is 0. The summed E-state index contributed by atoms with van der Waals surface area (Å²) in [6, 6.07) is 0. The second-order valence-corrected chi connectivity index (χ2v) is 6.02. The summed E-state index contributed by atoms with van der Waals surface area (Å²) in [6.45, 7) is 2.75. The Bertz CT molecular complexity index is 568. The van der Waals surface area contributed by atoms with Gasteiger partial charge in [0.05, 0.1) is 11.9 Å². The molecule has 1 fully saturated rings. The van der Waals surface area contributed by atoms with Crippen LogP contribution >= 0.6 is 0 Å². The van der Waals surface area contributed by atoms with E-state index < -0.39 is 0 Å². The van der Waals surface area contributed by atoms with Gasteiger partial charge in [0.2, 0.25) is 5.89 Å². The van der Waals surface area contributed by atoms with Crippen molar-refractivity contribution >= 4 is 5.69 Å². The van der Waals surface area contributed by atoms with Gasteiger partial charge in [-0.2, -0.15) is 10.1 Å². The number of rotatable bonds is 5. The Hall–Kier alpha value is -1.85. The highest BCUT2D eigenvalue weighted by molar-refractivity contribution is 5.30. The molecule has 21 heavy (non-hydrogen) atoms. The Morgan fingerprint density at radius 2 is 2.14 bits per heavy atom. The summed E-state index contributed by atoms with van der Waals surface area (Å²) < 4.78 is 7.06. The zero-order valence-corrected chi connectivity index (χ0v) is 12.5. The molecule has 0 unspecified atom stereocenters. The standard InChI is InChI=1S/C15H23N5O/c1-2-3-11-4-6-12(7-5-11)15-18-14(21-19-15)10-20-9-13(16)8-17-20/h8-9,11-12H,2-7,10,16H2,1H3. The van der Waals surface area contributed by atoms with Crippen molar-refractivity contribution in [3.63, 3.8) is 0 Å². The Kier molecular flexibility index (Phi) is 4.22. The number of hydrogen-bond acceptors (Lipinski definition) is 5. The molecule has 0 amide bonds. The normalized spacial score (nSPS) is 22.5. The highest BCUT2D eigenvalue weighted by Crippen LogP contribution is 2.36. The van der Waals surface area contributed by atoms with Gasteiger partial charge >= 0.3 is 0 Å². The number of nitrogens with zero attached hydrogens (tertiary/aromatic N) is 4. The van der Waals surface area contributed by atoms with Crippen molar-refractivity contribution in [3.8, 4) is 0 Å². The van der Waals surface area contributed by atoms with Gasteiger partial charge in [0.15, 0.2) is 5.82 Å². The van der Waals surface area contributed by atoms with Crippen LogP contribution in [0.5, 0.6) is 0 Å². The van der Waals surface area contributed by atoms with E-state index in [0.717, 1.165) is 11.7 Å². The molecule has 0 spiro atoms. The zero-order valence-electron chi connectivity index (χ0n) is 12.5. The molecule has 2 aromatic rings. The van der Waals surface area contributed by atoms with Gasteiger partial charge in [-0.1, -0.05) is 24.9 Å². The number of nitrogens with two attached hydrogens (primary N) is 1.